The highest BCUT2D eigenvalue weighted by molar-refractivity contribution is 8.93. The number of piperidine rings is 1. The van der Waals surface area contributed by atoms with Crippen LogP contribution in [0, 0.1) is 5.92 Å². The van der Waals surface area contributed by atoms with Crippen molar-refractivity contribution in [2.24, 2.45) is 5.92 Å². The van der Waals surface area contributed by atoms with E-state index in [0.717, 1.165) is 37.9 Å². The van der Waals surface area contributed by atoms with Crippen LogP contribution < -0.4 is 0 Å². The molecule has 2 aliphatic rings. The molecular weight excluding hydrogens is 496 g/mol. The van der Waals surface area contributed by atoms with Crippen molar-refractivity contribution in [2.75, 3.05) is 20.1 Å². The van der Waals surface area contributed by atoms with Crippen molar-refractivity contribution in [3.63, 3.8) is 0 Å². The fourth-order valence-corrected chi connectivity index (χ4v) is 5.12. The lowest BCUT2D eigenvalue weighted by atomic mass is 9.58. The van der Waals surface area contributed by atoms with E-state index in [-0.39, 0.29) is 44.9 Å². The molecule has 0 radical (unpaired) electrons. The highest BCUT2D eigenvalue weighted by atomic mass is 79.9. The molecule has 0 bridgehead atoms. The minimum Gasteiger partial charge on any atom is -0.508 e. The Hall–Kier alpha value is -1.47. The van der Waals surface area contributed by atoms with Crippen LogP contribution in [0.15, 0.2) is 54.6 Å². The number of phenolic OH excluding ortho intramolecular Hbond substituents is 1. The van der Waals surface area contributed by atoms with Crippen LogP contribution in [0.4, 0.5) is 0 Å². The normalized spacial score (nSPS) is 23.0. The molecule has 3 aromatic rings. The summed E-state index contributed by atoms with van der Waals surface area (Å²) in [4.78, 5) is 7.49. The molecule has 1 aliphatic heterocycles. The highest BCUT2D eigenvalue weighted by Crippen LogP contribution is 2.48. The van der Waals surface area contributed by atoms with E-state index in [1.165, 1.54) is 22.2 Å². The molecule has 156 valence electrons. The Kier molecular flexibility index (Phi) is 7.49. The first-order chi connectivity index (χ1) is 12.6. The molecule has 0 unspecified atom stereocenters. The van der Waals surface area contributed by atoms with Gasteiger partial charge < -0.3 is 15.5 Å². The van der Waals surface area contributed by atoms with Gasteiger partial charge in [0.25, 0.3) is 0 Å². The van der Waals surface area contributed by atoms with Crippen molar-refractivity contribution >= 4 is 44.9 Å². The van der Waals surface area contributed by atoms with E-state index in [4.69, 9.17) is 4.98 Å². The van der Waals surface area contributed by atoms with E-state index in [1.54, 1.807) is 6.07 Å². The minimum absolute atomic E-state index is 0. The van der Waals surface area contributed by atoms with Crippen LogP contribution in [-0.4, -0.2) is 40.6 Å². The highest BCUT2D eigenvalue weighted by Gasteiger charge is 2.47. The topological polar surface area (TPSA) is 67.9 Å². The summed E-state index contributed by atoms with van der Waals surface area (Å²) in [6.45, 7) is 2.19. The van der Waals surface area contributed by atoms with E-state index in [1.807, 2.05) is 12.1 Å². The summed E-state index contributed by atoms with van der Waals surface area (Å²) in [7, 11) is 2.22. The zero-order valence-electron chi connectivity index (χ0n) is 16.5. The molecule has 3 N–H and O–H groups in total. The van der Waals surface area contributed by atoms with Crippen LogP contribution in [0.2, 0.25) is 0 Å². The van der Waals surface area contributed by atoms with Gasteiger partial charge in [0, 0.05) is 29.5 Å². The van der Waals surface area contributed by atoms with Gasteiger partial charge >= 0.3 is 0 Å². The van der Waals surface area contributed by atoms with Gasteiger partial charge in [0.1, 0.15) is 5.75 Å². The van der Waals surface area contributed by atoms with Gasteiger partial charge in [0.2, 0.25) is 0 Å². The molecule has 1 fully saturated rings. The molecule has 4 nitrogen and oxygen atoms in total. The number of hydrogen-bond donors (Lipinski definition) is 1. The predicted octanol–water partition coefficient (Wildman–Crippen LogP) is 4.26. The third-order valence-corrected chi connectivity index (χ3v) is 6.52. The number of hydrogen-bond acceptors (Lipinski definition) is 3. The number of fused-ring (bicyclic) bond motifs is 3. The van der Waals surface area contributed by atoms with Crippen LogP contribution in [0.1, 0.15) is 23.2 Å². The van der Waals surface area contributed by atoms with E-state index in [2.05, 4.69) is 48.3 Å². The van der Waals surface area contributed by atoms with Crippen molar-refractivity contribution in [3.05, 3.63) is 71.4 Å². The third kappa shape index (κ3) is 4.08. The smallest absolute Gasteiger partial charge is 0.115 e. The molecule has 2 atom stereocenters. The summed E-state index contributed by atoms with van der Waals surface area (Å²) in [5.41, 5.74) is 5.08. The molecule has 2 aromatic carbocycles. The van der Waals surface area contributed by atoms with Crippen molar-refractivity contribution in [3.8, 4) is 5.75 Å². The molecule has 1 saturated heterocycles. The molecule has 1 aromatic heterocycles. The van der Waals surface area contributed by atoms with Gasteiger partial charge in [-0.15, -0.1) is 34.0 Å². The average Bonchev–Trinajstić information content (AvgIpc) is 2.65. The number of aromatic hydroxyl groups is 1. The maximum absolute atomic E-state index is 10.1. The van der Waals surface area contributed by atoms with Gasteiger partial charge in [-0.3, -0.25) is 4.98 Å². The molecular formula is C23H28Br2N2O2. The third-order valence-electron chi connectivity index (χ3n) is 6.52. The second-order valence-electron chi connectivity index (χ2n) is 8.08. The second kappa shape index (κ2) is 9.13. The second-order valence-corrected chi connectivity index (χ2v) is 8.08. The Morgan fingerprint density at radius 3 is 2.66 bits per heavy atom. The van der Waals surface area contributed by atoms with E-state index in [0.29, 0.717) is 11.7 Å². The summed E-state index contributed by atoms with van der Waals surface area (Å²) < 4.78 is 0. The standard InChI is InChI=1S/C23H24N2O.2BrH.H2O/c1-25-10-9-23(18-6-4-7-20(26)13-18)14-22-17(12-19(23)15-25)11-16-5-2-3-8-21(16)24-22;;;/h2-8,11,13,19,26H,9-10,12,14-15H2,1H3;2*1H;1H2/t19-,23+;;;/m0.../s1. The number of pyridine rings is 1. The SMILES string of the molecule is Br.Br.CN1CC[C@]2(c3cccc(O)c3)Cc3nc4ccccc4cc3C[C@H]2C1.O. The van der Waals surface area contributed by atoms with Crippen LogP contribution in [0.25, 0.3) is 10.9 Å². The van der Waals surface area contributed by atoms with Gasteiger partial charge in [-0.25, -0.2) is 0 Å². The maximum atomic E-state index is 10.1. The van der Waals surface area contributed by atoms with Crippen LogP contribution >= 0.6 is 34.0 Å². The Labute approximate surface area is 192 Å². The fourth-order valence-electron chi connectivity index (χ4n) is 5.12. The number of para-hydroxylation sites is 1. The van der Waals surface area contributed by atoms with E-state index in [9.17, 15) is 5.11 Å². The zero-order valence-corrected chi connectivity index (χ0v) is 19.9. The summed E-state index contributed by atoms with van der Waals surface area (Å²) in [5, 5.41) is 11.3. The lowest BCUT2D eigenvalue weighted by Crippen LogP contribution is -2.53. The van der Waals surface area contributed by atoms with Gasteiger partial charge in [0.05, 0.1) is 5.52 Å². The molecule has 0 saturated carbocycles. The Balaban J connectivity index is 0.000001000. The quantitative estimate of drug-likeness (QED) is 0.518. The van der Waals surface area contributed by atoms with Gasteiger partial charge in [-0.2, -0.15) is 0 Å². The molecule has 1 aliphatic carbocycles. The number of aromatic nitrogens is 1. The first-order valence-electron chi connectivity index (χ1n) is 9.50. The van der Waals surface area contributed by atoms with Gasteiger partial charge in [0.15, 0.2) is 0 Å². The van der Waals surface area contributed by atoms with Gasteiger partial charge in [-0.05, 0) is 67.7 Å². The summed E-state index contributed by atoms with van der Waals surface area (Å²) in [6.07, 6.45) is 3.15. The predicted molar refractivity (Wildman–Crippen MR) is 129 cm³/mol. The first kappa shape index (κ1) is 23.8. The van der Waals surface area contributed by atoms with Gasteiger partial charge in [-0.1, -0.05) is 30.3 Å². The van der Waals surface area contributed by atoms with Crippen LogP contribution in [0.5, 0.6) is 5.75 Å². The lowest BCUT2D eigenvalue weighted by Gasteiger charge is -2.50. The summed E-state index contributed by atoms with van der Waals surface area (Å²) in [5.74, 6) is 0.922. The summed E-state index contributed by atoms with van der Waals surface area (Å²) >= 11 is 0. The molecule has 0 amide bonds. The van der Waals surface area contributed by atoms with Crippen molar-refractivity contribution < 1.29 is 10.6 Å². The van der Waals surface area contributed by atoms with Crippen molar-refractivity contribution in [1.29, 1.82) is 0 Å². The number of rotatable bonds is 1. The average molecular weight is 524 g/mol. The Morgan fingerprint density at radius 2 is 1.86 bits per heavy atom. The lowest BCUT2D eigenvalue weighted by molar-refractivity contribution is 0.0987. The number of halogens is 2. The van der Waals surface area contributed by atoms with Crippen molar-refractivity contribution in [1.82, 2.24) is 9.88 Å². The first-order valence-corrected chi connectivity index (χ1v) is 9.50. The van der Waals surface area contributed by atoms with Crippen molar-refractivity contribution in [2.45, 2.75) is 24.7 Å². The number of benzene rings is 2. The van der Waals surface area contributed by atoms with E-state index < -0.39 is 0 Å². The Morgan fingerprint density at radius 1 is 1.07 bits per heavy atom. The Bertz CT molecular complexity index is 998. The number of nitrogens with zero attached hydrogens (tertiary/aromatic N) is 2. The molecule has 5 rings (SSSR count). The zero-order chi connectivity index (χ0) is 17.7. The van der Waals surface area contributed by atoms with Crippen LogP contribution in [0.3, 0.4) is 0 Å². The van der Waals surface area contributed by atoms with Crippen LogP contribution in [-0.2, 0) is 18.3 Å². The fraction of sp³-hybridized carbons (Fsp3) is 0.348. The largest absolute Gasteiger partial charge is 0.508 e. The van der Waals surface area contributed by atoms with E-state index >= 15 is 0 Å². The molecule has 29 heavy (non-hydrogen) atoms. The monoisotopic (exact) mass is 522 g/mol. The minimum atomic E-state index is 0. The molecule has 6 heteroatoms. The number of likely N-dealkylation sites (tertiary alicyclic amines) is 1. The molecule has 0 spiro atoms. The molecule has 2 heterocycles. The maximum Gasteiger partial charge on any atom is 0.115 e. The summed E-state index contributed by atoms with van der Waals surface area (Å²) in [6, 6.07) is 18.7. The number of phenols is 1.